The average Bonchev–Trinajstić information content (AvgIpc) is 2.19. The number of hydrogen-bond acceptors (Lipinski definition) is 0. The van der Waals surface area contributed by atoms with Crippen LogP contribution in [0.25, 0.3) is 0 Å². The number of hydrogen-bond donors (Lipinski definition) is 0. The van der Waals surface area contributed by atoms with Gasteiger partial charge in [-0.05, 0) is 12.8 Å². The summed E-state index contributed by atoms with van der Waals surface area (Å²) in [5.74, 6) is 1.06. The van der Waals surface area contributed by atoms with Gasteiger partial charge in [0.2, 0.25) is 0 Å². The molecule has 0 aromatic heterocycles. The third-order valence-electron chi connectivity index (χ3n) is 1.89. The van der Waals surface area contributed by atoms with Crippen LogP contribution in [-0.2, 0) is 0 Å². The first-order valence-corrected chi connectivity index (χ1v) is 6.29. The lowest BCUT2D eigenvalue weighted by molar-refractivity contribution is 0.346. The molecule has 0 saturated heterocycles. The van der Waals surface area contributed by atoms with Crippen molar-refractivity contribution in [2.45, 2.75) is 73.6 Å². The van der Waals surface area contributed by atoms with Crippen molar-refractivity contribution in [2.24, 2.45) is 5.92 Å². The van der Waals surface area contributed by atoms with Crippen molar-refractivity contribution in [3.8, 4) is 0 Å². The summed E-state index contributed by atoms with van der Waals surface area (Å²) in [5.41, 5.74) is 0. The SMILES string of the molecule is C=CC.CC.CC1CCC1.CCCC. The molecule has 0 atom stereocenters. The fraction of sp³-hybridized carbons (Fsp3) is 0.857. The second kappa shape index (κ2) is 23.0. The van der Waals surface area contributed by atoms with Crippen molar-refractivity contribution in [3.05, 3.63) is 12.7 Å². The van der Waals surface area contributed by atoms with Gasteiger partial charge in [0.05, 0.1) is 0 Å². The van der Waals surface area contributed by atoms with Crippen LogP contribution in [0.4, 0.5) is 0 Å². The number of unbranched alkanes of at least 4 members (excludes halogenated alkanes) is 1. The Labute approximate surface area is 92.8 Å². The molecule has 14 heavy (non-hydrogen) atoms. The summed E-state index contributed by atoms with van der Waals surface area (Å²) >= 11 is 0. The first kappa shape index (κ1) is 19.3. The summed E-state index contributed by atoms with van der Waals surface area (Å²) in [7, 11) is 0. The smallest absolute Gasteiger partial charge is 0.0443 e. The zero-order valence-electron chi connectivity index (χ0n) is 11.4. The van der Waals surface area contributed by atoms with Gasteiger partial charge >= 0.3 is 0 Å². The third-order valence-corrected chi connectivity index (χ3v) is 1.89. The van der Waals surface area contributed by atoms with Gasteiger partial charge in [-0.2, -0.15) is 0 Å². The maximum absolute atomic E-state index is 3.36. The largest absolute Gasteiger partial charge is 0.103 e. The molecule has 0 aliphatic heterocycles. The van der Waals surface area contributed by atoms with Gasteiger partial charge in [0.1, 0.15) is 0 Å². The summed E-state index contributed by atoms with van der Waals surface area (Å²) in [6.45, 7) is 15.9. The quantitative estimate of drug-likeness (QED) is 0.467. The van der Waals surface area contributed by atoms with E-state index in [-0.39, 0.29) is 0 Å². The fourth-order valence-electron chi connectivity index (χ4n) is 0.612. The van der Waals surface area contributed by atoms with E-state index in [2.05, 4.69) is 27.4 Å². The predicted molar refractivity (Wildman–Crippen MR) is 70.8 cm³/mol. The van der Waals surface area contributed by atoms with Gasteiger partial charge in [0.25, 0.3) is 0 Å². The van der Waals surface area contributed by atoms with Crippen LogP contribution in [0, 0.1) is 5.92 Å². The summed E-state index contributed by atoms with van der Waals surface area (Å²) in [6.07, 6.45) is 8.85. The molecule has 0 heterocycles. The van der Waals surface area contributed by atoms with Crippen molar-refractivity contribution in [2.75, 3.05) is 0 Å². The predicted octanol–water partition coefficient (Wildman–Crippen LogP) is 5.83. The van der Waals surface area contributed by atoms with Crippen molar-refractivity contribution < 1.29 is 0 Å². The molecule has 0 amide bonds. The lowest BCUT2D eigenvalue weighted by Crippen LogP contribution is -2.04. The van der Waals surface area contributed by atoms with Gasteiger partial charge in [0.15, 0.2) is 0 Å². The van der Waals surface area contributed by atoms with Gasteiger partial charge < -0.3 is 0 Å². The van der Waals surface area contributed by atoms with E-state index in [1.54, 1.807) is 6.08 Å². The molecule has 0 bridgehead atoms. The second-order valence-electron chi connectivity index (χ2n) is 3.44. The molecule has 0 N–H and O–H groups in total. The Hall–Kier alpha value is -0.260. The minimum Gasteiger partial charge on any atom is -0.103 e. The van der Waals surface area contributed by atoms with E-state index < -0.39 is 0 Å². The van der Waals surface area contributed by atoms with E-state index in [0.717, 1.165) is 5.92 Å². The monoisotopic (exact) mass is 200 g/mol. The standard InChI is InChI=1S/C5H10.C4H10.C3H6.C2H6/c1-5-3-2-4-5;1-3-4-2;1-3-2;1-2/h5H,2-4H2,1H3;3-4H2,1-2H3;3H,1H2,2H3;1-2H3. The van der Waals surface area contributed by atoms with Crippen LogP contribution in [0.3, 0.4) is 0 Å². The maximum atomic E-state index is 3.36. The zero-order chi connectivity index (χ0) is 11.8. The van der Waals surface area contributed by atoms with E-state index >= 15 is 0 Å². The van der Waals surface area contributed by atoms with Crippen molar-refractivity contribution in [3.63, 3.8) is 0 Å². The van der Waals surface area contributed by atoms with Gasteiger partial charge in [0, 0.05) is 0 Å². The molecule has 1 saturated carbocycles. The normalized spacial score (nSPS) is 12.7. The van der Waals surface area contributed by atoms with Crippen LogP contribution in [0.1, 0.15) is 73.6 Å². The molecule has 0 radical (unpaired) electrons. The van der Waals surface area contributed by atoms with Crippen LogP contribution in [-0.4, -0.2) is 0 Å². The number of allylic oxidation sites excluding steroid dienone is 1. The van der Waals surface area contributed by atoms with Crippen molar-refractivity contribution >= 4 is 0 Å². The molecule has 1 rings (SSSR count). The second-order valence-corrected chi connectivity index (χ2v) is 3.44. The molecule has 1 aliphatic rings. The molecule has 1 fully saturated rings. The highest BCUT2D eigenvalue weighted by Crippen LogP contribution is 2.24. The maximum Gasteiger partial charge on any atom is -0.0443 e. The van der Waals surface area contributed by atoms with E-state index in [0.29, 0.717) is 0 Å². The van der Waals surface area contributed by atoms with Gasteiger partial charge in [-0.25, -0.2) is 0 Å². The van der Waals surface area contributed by atoms with E-state index in [9.17, 15) is 0 Å². The highest BCUT2D eigenvalue weighted by molar-refractivity contribution is 4.62. The average molecular weight is 200 g/mol. The van der Waals surface area contributed by atoms with Crippen LogP contribution in [0.2, 0.25) is 0 Å². The zero-order valence-corrected chi connectivity index (χ0v) is 11.4. The molecular weight excluding hydrogens is 168 g/mol. The van der Waals surface area contributed by atoms with Crippen LogP contribution in [0.5, 0.6) is 0 Å². The third kappa shape index (κ3) is 29.8. The lowest BCUT2D eigenvalue weighted by atomic mass is 9.88. The lowest BCUT2D eigenvalue weighted by Gasteiger charge is -2.18. The Morgan fingerprint density at radius 3 is 1.36 bits per heavy atom. The molecular formula is C14H32. The first-order valence-electron chi connectivity index (χ1n) is 6.29. The molecule has 88 valence electrons. The van der Waals surface area contributed by atoms with Crippen LogP contribution in [0.15, 0.2) is 12.7 Å². The van der Waals surface area contributed by atoms with Gasteiger partial charge in [-0.1, -0.05) is 72.8 Å². The topological polar surface area (TPSA) is 0 Å². The van der Waals surface area contributed by atoms with E-state index in [1.807, 2.05) is 20.8 Å². The summed E-state index contributed by atoms with van der Waals surface area (Å²) < 4.78 is 0. The van der Waals surface area contributed by atoms with E-state index in [4.69, 9.17) is 0 Å². The van der Waals surface area contributed by atoms with Crippen molar-refractivity contribution in [1.29, 1.82) is 0 Å². The molecule has 0 aromatic rings. The van der Waals surface area contributed by atoms with Gasteiger partial charge in [-0.15, -0.1) is 6.58 Å². The van der Waals surface area contributed by atoms with Crippen LogP contribution < -0.4 is 0 Å². The Balaban J connectivity index is -0.000000123. The Bertz CT molecular complexity index is 68.1. The summed E-state index contributed by atoms with van der Waals surface area (Å²) in [6, 6.07) is 0. The summed E-state index contributed by atoms with van der Waals surface area (Å²) in [5, 5.41) is 0. The Morgan fingerprint density at radius 2 is 1.36 bits per heavy atom. The first-order chi connectivity index (χ1) is 6.72. The summed E-state index contributed by atoms with van der Waals surface area (Å²) in [4.78, 5) is 0. The molecule has 0 aromatic carbocycles. The fourth-order valence-corrected chi connectivity index (χ4v) is 0.612. The van der Waals surface area contributed by atoms with E-state index in [1.165, 1.54) is 32.1 Å². The Kier molecular flexibility index (Phi) is 31.7. The van der Waals surface area contributed by atoms with Gasteiger partial charge in [-0.3, -0.25) is 0 Å². The van der Waals surface area contributed by atoms with Crippen molar-refractivity contribution in [1.82, 2.24) is 0 Å². The highest BCUT2D eigenvalue weighted by Gasteiger charge is 2.09. The molecule has 0 nitrogen and oxygen atoms in total. The molecule has 0 heteroatoms. The highest BCUT2D eigenvalue weighted by atomic mass is 14.1. The minimum atomic E-state index is 1.06. The van der Waals surface area contributed by atoms with Crippen LogP contribution >= 0.6 is 0 Å². The minimum absolute atomic E-state index is 1.06. The number of rotatable bonds is 1. The molecule has 0 spiro atoms. The molecule has 1 aliphatic carbocycles. The Morgan fingerprint density at radius 1 is 1.14 bits per heavy atom. The molecule has 0 unspecified atom stereocenters.